The van der Waals surface area contributed by atoms with Gasteiger partial charge in [0.25, 0.3) is 0 Å². The molecule has 0 radical (unpaired) electrons. The summed E-state index contributed by atoms with van der Waals surface area (Å²) >= 11 is 0. The van der Waals surface area contributed by atoms with Gasteiger partial charge in [-0.25, -0.2) is 0 Å². The van der Waals surface area contributed by atoms with Crippen LogP contribution in [0.5, 0.6) is 0 Å². The number of nitrogens with one attached hydrogen (secondary N) is 1. The third kappa shape index (κ3) is 4.07. The van der Waals surface area contributed by atoms with Gasteiger partial charge in [-0.15, -0.1) is 0 Å². The summed E-state index contributed by atoms with van der Waals surface area (Å²) in [4.78, 5) is 0. The number of anilines is 1. The fourth-order valence-corrected chi connectivity index (χ4v) is 2.26. The number of hydrogen-bond acceptors (Lipinski definition) is 1. The van der Waals surface area contributed by atoms with Crippen LogP contribution in [0.2, 0.25) is 0 Å². The van der Waals surface area contributed by atoms with Crippen LogP contribution in [-0.2, 0) is 6.42 Å². The molecule has 1 nitrogen and oxygen atoms in total. The number of unbranched alkanes of at least 4 members (excludes halogenated alkanes) is 1. The van der Waals surface area contributed by atoms with E-state index in [1.165, 1.54) is 42.5 Å². The fourth-order valence-electron chi connectivity index (χ4n) is 2.26. The number of aryl methyl sites for hydroxylation is 2. The van der Waals surface area contributed by atoms with Gasteiger partial charge in [-0.05, 0) is 37.3 Å². The molecular weight excluding hydrogens is 206 g/mol. The number of para-hydroxylation sites is 1. The highest BCUT2D eigenvalue weighted by Crippen LogP contribution is 2.23. The Morgan fingerprint density at radius 2 is 1.94 bits per heavy atom. The van der Waals surface area contributed by atoms with E-state index >= 15 is 0 Å². The minimum absolute atomic E-state index is 0.626. The van der Waals surface area contributed by atoms with Gasteiger partial charge in [0.2, 0.25) is 0 Å². The molecule has 1 N–H and O–H groups in total. The number of rotatable bonds is 7. The SMILES string of the molecule is CCCCC(CC)Nc1c(C)cccc1CC. The first-order valence-corrected chi connectivity index (χ1v) is 7.07. The van der Waals surface area contributed by atoms with Crippen molar-refractivity contribution in [1.82, 2.24) is 0 Å². The van der Waals surface area contributed by atoms with Crippen LogP contribution in [0.25, 0.3) is 0 Å². The molecule has 17 heavy (non-hydrogen) atoms. The van der Waals surface area contributed by atoms with E-state index in [9.17, 15) is 0 Å². The zero-order valence-corrected chi connectivity index (χ0v) is 11.8. The van der Waals surface area contributed by atoms with E-state index in [1.54, 1.807) is 0 Å². The topological polar surface area (TPSA) is 12.0 Å². The molecule has 0 amide bonds. The third-order valence-electron chi connectivity index (χ3n) is 3.49. The van der Waals surface area contributed by atoms with Gasteiger partial charge in [0.1, 0.15) is 0 Å². The maximum Gasteiger partial charge on any atom is 0.0404 e. The van der Waals surface area contributed by atoms with Gasteiger partial charge in [-0.3, -0.25) is 0 Å². The van der Waals surface area contributed by atoms with Crippen molar-refractivity contribution >= 4 is 5.69 Å². The van der Waals surface area contributed by atoms with Gasteiger partial charge in [0.15, 0.2) is 0 Å². The minimum Gasteiger partial charge on any atom is -0.382 e. The van der Waals surface area contributed by atoms with E-state index in [-0.39, 0.29) is 0 Å². The van der Waals surface area contributed by atoms with Crippen molar-refractivity contribution < 1.29 is 0 Å². The van der Waals surface area contributed by atoms with Gasteiger partial charge >= 0.3 is 0 Å². The van der Waals surface area contributed by atoms with Crippen LogP contribution in [-0.4, -0.2) is 6.04 Å². The molecule has 96 valence electrons. The van der Waals surface area contributed by atoms with Crippen LogP contribution in [0, 0.1) is 6.92 Å². The van der Waals surface area contributed by atoms with Crippen molar-refractivity contribution in [3.05, 3.63) is 29.3 Å². The lowest BCUT2D eigenvalue weighted by Gasteiger charge is -2.22. The first-order chi connectivity index (χ1) is 8.22. The van der Waals surface area contributed by atoms with Gasteiger partial charge in [0.05, 0.1) is 0 Å². The Morgan fingerprint density at radius 3 is 2.53 bits per heavy atom. The first-order valence-electron chi connectivity index (χ1n) is 7.07. The molecular formula is C16H27N. The summed E-state index contributed by atoms with van der Waals surface area (Å²) in [5.41, 5.74) is 4.19. The summed E-state index contributed by atoms with van der Waals surface area (Å²) in [5, 5.41) is 3.75. The van der Waals surface area contributed by atoms with Crippen molar-refractivity contribution in [2.45, 2.75) is 65.8 Å². The summed E-state index contributed by atoms with van der Waals surface area (Å²) in [7, 11) is 0. The minimum atomic E-state index is 0.626. The first kappa shape index (κ1) is 14.1. The van der Waals surface area contributed by atoms with Gasteiger partial charge in [-0.1, -0.05) is 51.8 Å². The maximum absolute atomic E-state index is 3.75. The molecule has 0 spiro atoms. The van der Waals surface area contributed by atoms with Gasteiger partial charge < -0.3 is 5.32 Å². The summed E-state index contributed by atoms with van der Waals surface area (Å²) in [5.74, 6) is 0. The Morgan fingerprint density at radius 1 is 1.18 bits per heavy atom. The van der Waals surface area contributed by atoms with E-state index in [2.05, 4.69) is 51.2 Å². The average molecular weight is 233 g/mol. The van der Waals surface area contributed by atoms with E-state index in [0.717, 1.165) is 6.42 Å². The zero-order valence-electron chi connectivity index (χ0n) is 11.8. The molecule has 0 aliphatic carbocycles. The third-order valence-corrected chi connectivity index (χ3v) is 3.49. The molecule has 0 aromatic heterocycles. The molecule has 1 heteroatoms. The summed E-state index contributed by atoms with van der Waals surface area (Å²) in [6, 6.07) is 7.23. The molecule has 1 aromatic carbocycles. The predicted molar refractivity (Wildman–Crippen MR) is 77.8 cm³/mol. The molecule has 0 saturated carbocycles. The van der Waals surface area contributed by atoms with Crippen molar-refractivity contribution in [1.29, 1.82) is 0 Å². The smallest absolute Gasteiger partial charge is 0.0404 e. The predicted octanol–water partition coefficient (Wildman–Crippen LogP) is 4.94. The Bertz CT molecular complexity index is 330. The zero-order chi connectivity index (χ0) is 12.7. The largest absolute Gasteiger partial charge is 0.382 e. The highest BCUT2D eigenvalue weighted by molar-refractivity contribution is 5.57. The molecule has 0 heterocycles. The highest BCUT2D eigenvalue weighted by Gasteiger charge is 2.09. The quantitative estimate of drug-likeness (QED) is 0.703. The van der Waals surface area contributed by atoms with E-state index < -0.39 is 0 Å². The molecule has 0 bridgehead atoms. The van der Waals surface area contributed by atoms with E-state index in [0.29, 0.717) is 6.04 Å². The van der Waals surface area contributed by atoms with Crippen LogP contribution in [0.3, 0.4) is 0 Å². The lowest BCUT2D eigenvalue weighted by molar-refractivity contribution is 0.592. The average Bonchev–Trinajstić information content (AvgIpc) is 2.36. The molecule has 1 unspecified atom stereocenters. The Hall–Kier alpha value is -0.980. The van der Waals surface area contributed by atoms with Crippen molar-refractivity contribution in [2.24, 2.45) is 0 Å². The Labute approximate surface area is 107 Å². The second kappa shape index (κ2) is 7.37. The molecule has 0 aliphatic heterocycles. The van der Waals surface area contributed by atoms with Gasteiger partial charge in [0, 0.05) is 11.7 Å². The van der Waals surface area contributed by atoms with Crippen LogP contribution in [0.1, 0.15) is 57.6 Å². The van der Waals surface area contributed by atoms with Crippen molar-refractivity contribution in [3.8, 4) is 0 Å². The Balaban J connectivity index is 2.77. The maximum atomic E-state index is 3.75. The lowest BCUT2D eigenvalue weighted by Crippen LogP contribution is -2.19. The fraction of sp³-hybridized carbons (Fsp3) is 0.625. The molecule has 1 atom stereocenters. The summed E-state index contributed by atoms with van der Waals surface area (Å²) in [6.45, 7) is 8.97. The number of benzene rings is 1. The molecule has 0 fully saturated rings. The lowest BCUT2D eigenvalue weighted by atomic mass is 10.0. The van der Waals surface area contributed by atoms with E-state index in [4.69, 9.17) is 0 Å². The van der Waals surface area contributed by atoms with Crippen LogP contribution >= 0.6 is 0 Å². The van der Waals surface area contributed by atoms with Crippen molar-refractivity contribution in [2.75, 3.05) is 5.32 Å². The summed E-state index contributed by atoms with van der Waals surface area (Å²) < 4.78 is 0. The van der Waals surface area contributed by atoms with Crippen LogP contribution < -0.4 is 5.32 Å². The monoisotopic (exact) mass is 233 g/mol. The molecule has 0 aliphatic rings. The van der Waals surface area contributed by atoms with Crippen LogP contribution in [0.15, 0.2) is 18.2 Å². The second-order valence-electron chi connectivity index (χ2n) is 4.85. The highest BCUT2D eigenvalue weighted by atomic mass is 14.9. The Kier molecular flexibility index (Phi) is 6.10. The van der Waals surface area contributed by atoms with Crippen molar-refractivity contribution in [3.63, 3.8) is 0 Å². The number of hydrogen-bond donors (Lipinski definition) is 1. The van der Waals surface area contributed by atoms with E-state index in [1.807, 2.05) is 0 Å². The second-order valence-corrected chi connectivity index (χ2v) is 4.85. The summed E-state index contributed by atoms with van der Waals surface area (Å²) in [6.07, 6.45) is 6.20. The molecule has 1 aromatic rings. The van der Waals surface area contributed by atoms with Gasteiger partial charge in [-0.2, -0.15) is 0 Å². The molecule has 0 saturated heterocycles. The standard InChI is InChI=1S/C16H27N/c1-5-8-12-15(7-3)17-16-13(4)10-9-11-14(16)6-2/h9-11,15,17H,5-8,12H2,1-4H3. The molecule has 1 rings (SSSR count). The van der Waals surface area contributed by atoms with Crippen LogP contribution in [0.4, 0.5) is 5.69 Å². The normalized spacial score (nSPS) is 12.5.